The zero-order valence-corrected chi connectivity index (χ0v) is 41.8. The Balaban J connectivity index is 4.56. The number of rotatable bonds is 50. The van der Waals surface area contributed by atoms with Crippen LogP contribution < -0.4 is 5.32 Å². The maximum Gasteiger partial charge on any atom is 0.306 e. The molecular weight excluding hydrogens is 767 g/mol. The Kier molecular flexibility index (Phi) is 49.0. The molecule has 0 aliphatic heterocycles. The lowest BCUT2D eigenvalue weighted by Crippen LogP contribution is -2.46. The van der Waals surface area contributed by atoms with Gasteiger partial charge in [-0.05, 0) is 77.0 Å². The van der Waals surface area contributed by atoms with Gasteiger partial charge >= 0.3 is 5.97 Å². The Labute approximate surface area is 386 Å². The van der Waals surface area contributed by atoms with Crippen LogP contribution in [0, 0.1) is 0 Å². The fraction of sp³-hybridized carbons (Fsp3) is 0.893. The van der Waals surface area contributed by atoms with Gasteiger partial charge in [0.25, 0.3) is 0 Å². The van der Waals surface area contributed by atoms with E-state index in [1.54, 1.807) is 0 Å². The standard InChI is InChI=1S/C56H107NO5/c1-4-7-10-13-16-19-22-24-26-28-29-31-33-35-38-41-44-47-52(50-55(60)57-53(51-58)54(59)48-45-42-39-36-21-18-15-12-9-6-3)62-56(61)49-46-43-40-37-34-32-30-27-25-23-20-17-14-11-8-5-2/h24,26-27,30,52-54,58-59H,4-23,25,28-29,31-51H2,1-3H3,(H,57,60)/b26-24+,30-27+. The fourth-order valence-corrected chi connectivity index (χ4v) is 8.54. The molecule has 3 N–H and O–H groups in total. The number of hydrogen-bond donors (Lipinski definition) is 3. The monoisotopic (exact) mass is 874 g/mol. The van der Waals surface area contributed by atoms with Crippen molar-refractivity contribution in [3.63, 3.8) is 0 Å². The van der Waals surface area contributed by atoms with Crippen LogP contribution in [0.2, 0.25) is 0 Å². The number of carbonyl (C=O) groups excluding carboxylic acids is 2. The normalized spacial score (nSPS) is 13.3. The Hall–Kier alpha value is -1.66. The van der Waals surface area contributed by atoms with E-state index in [9.17, 15) is 19.8 Å². The second kappa shape index (κ2) is 50.3. The highest BCUT2D eigenvalue weighted by Crippen LogP contribution is 2.18. The first kappa shape index (κ1) is 60.3. The van der Waals surface area contributed by atoms with E-state index >= 15 is 0 Å². The predicted octanol–water partition coefficient (Wildman–Crippen LogP) is 16.7. The average molecular weight is 874 g/mol. The number of nitrogens with one attached hydrogen (secondary N) is 1. The van der Waals surface area contributed by atoms with Crippen molar-refractivity contribution in [1.82, 2.24) is 5.32 Å². The maximum atomic E-state index is 13.2. The van der Waals surface area contributed by atoms with Crippen molar-refractivity contribution >= 4 is 11.9 Å². The van der Waals surface area contributed by atoms with Gasteiger partial charge in [0.1, 0.15) is 6.10 Å². The van der Waals surface area contributed by atoms with Crippen LogP contribution in [0.1, 0.15) is 297 Å². The molecule has 6 nitrogen and oxygen atoms in total. The lowest BCUT2D eigenvalue weighted by atomic mass is 10.0. The summed E-state index contributed by atoms with van der Waals surface area (Å²) >= 11 is 0. The van der Waals surface area contributed by atoms with Gasteiger partial charge in [-0.25, -0.2) is 0 Å². The first-order valence-electron chi connectivity index (χ1n) is 27.6. The molecule has 0 fully saturated rings. The molecule has 0 saturated carbocycles. The quantitative estimate of drug-likeness (QED) is 0.0321. The van der Waals surface area contributed by atoms with Gasteiger partial charge in [0.05, 0.1) is 25.2 Å². The van der Waals surface area contributed by atoms with Crippen molar-refractivity contribution in [2.45, 2.75) is 315 Å². The van der Waals surface area contributed by atoms with E-state index in [0.717, 1.165) is 64.2 Å². The lowest BCUT2D eigenvalue weighted by Gasteiger charge is -2.24. The zero-order valence-electron chi connectivity index (χ0n) is 41.8. The summed E-state index contributed by atoms with van der Waals surface area (Å²) in [5.41, 5.74) is 0. The van der Waals surface area contributed by atoms with Crippen LogP contribution >= 0.6 is 0 Å². The smallest absolute Gasteiger partial charge is 0.306 e. The van der Waals surface area contributed by atoms with Crippen LogP contribution in [0.25, 0.3) is 0 Å². The second-order valence-corrected chi connectivity index (χ2v) is 19.0. The fourth-order valence-electron chi connectivity index (χ4n) is 8.54. The average Bonchev–Trinajstić information content (AvgIpc) is 3.26. The minimum absolute atomic E-state index is 0.0755. The summed E-state index contributed by atoms with van der Waals surface area (Å²) in [7, 11) is 0. The summed E-state index contributed by atoms with van der Waals surface area (Å²) in [5, 5.41) is 23.8. The Morgan fingerprint density at radius 3 is 1.15 bits per heavy atom. The van der Waals surface area contributed by atoms with E-state index in [-0.39, 0.29) is 24.9 Å². The largest absolute Gasteiger partial charge is 0.462 e. The lowest BCUT2D eigenvalue weighted by molar-refractivity contribution is -0.151. The Morgan fingerprint density at radius 1 is 0.452 bits per heavy atom. The van der Waals surface area contributed by atoms with E-state index in [1.807, 2.05) is 0 Å². The number of allylic oxidation sites excluding steroid dienone is 4. The summed E-state index contributed by atoms with van der Waals surface area (Å²) in [6.07, 6.45) is 58.1. The highest BCUT2D eigenvalue weighted by molar-refractivity contribution is 5.77. The zero-order chi connectivity index (χ0) is 45.2. The first-order chi connectivity index (χ1) is 30.5. The van der Waals surface area contributed by atoms with Crippen molar-refractivity contribution in [2.75, 3.05) is 6.61 Å². The molecule has 0 bridgehead atoms. The van der Waals surface area contributed by atoms with Gasteiger partial charge in [-0.1, -0.05) is 231 Å². The molecule has 0 heterocycles. The molecule has 0 aromatic rings. The second-order valence-electron chi connectivity index (χ2n) is 19.0. The molecule has 62 heavy (non-hydrogen) atoms. The van der Waals surface area contributed by atoms with Crippen molar-refractivity contribution in [3.8, 4) is 0 Å². The van der Waals surface area contributed by atoms with Crippen LogP contribution in [0.3, 0.4) is 0 Å². The topological polar surface area (TPSA) is 95.9 Å². The molecule has 3 unspecified atom stereocenters. The van der Waals surface area contributed by atoms with Crippen molar-refractivity contribution in [2.24, 2.45) is 0 Å². The number of esters is 1. The molecule has 0 spiro atoms. The minimum Gasteiger partial charge on any atom is -0.462 e. The van der Waals surface area contributed by atoms with Gasteiger partial charge in [0.2, 0.25) is 5.91 Å². The highest BCUT2D eigenvalue weighted by atomic mass is 16.5. The number of aliphatic hydroxyl groups excluding tert-OH is 2. The number of hydrogen-bond acceptors (Lipinski definition) is 5. The van der Waals surface area contributed by atoms with E-state index in [4.69, 9.17) is 4.74 Å². The van der Waals surface area contributed by atoms with Crippen LogP contribution in [-0.4, -0.2) is 46.9 Å². The van der Waals surface area contributed by atoms with E-state index in [1.165, 1.54) is 186 Å². The Morgan fingerprint density at radius 2 is 0.774 bits per heavy atom. The number of ether oxygens (including phenoxy) is 1. The SMILES string of the molecule is CCCCCCCC/C=C/CCCCCCCCCC(CC(=O)NC(CO)C(O)CCCCCCCCCCCC)OC(=O)CCCCCCC/C=C/CCCCCCCCC. The number of amides is 1. The molecule has 0 aromatic heterocycles. The molecular formula is C56H107NO5. The van der Waals surface area contributed by atoms with Crippen LogP contribution in [0.5, 0.6) is 0 Å². The van der Waals surface area contributed by atoms with E-state index in [2.05, 4.69) is 50.4 Å². The van der Waals surface area contributed by atoms with Gasteiger partial charge in [-0.15, -0.1) is 0 Å². The number of aliphatic hydroxyl groups is 2. The van der Waals surface area contributed by atoms with Gasteiger partial charge in [-0.2, -0.15) is 0 Å². The summed E-state index contributed by atoms with van der Waals surface area (Å²) in [5.74, 6) is -0.474. The third kappa shape index (κ3) is 44.9. The van der Waals surface area contributed by atoms with Crippen molar-refractivity contribution in [1.29, 1.82) is 0 Å². The molecule has 1 amide bonds. The molecule has 3 atom stereocenters. The predicted molar refractivity (Wildman–Crippen MR) is 269 cm³/mol. The first-order valence-corrected chi connectivity index (χ1v) is 27.6. The molecule has 366 valence electrons. The van der Waals surface area contributed by atoms with E-state index < -0.39 is 18.2 Å². The molecule has 6 heteroatoms. The van der Waals surface area contributed by atoms with Crippen LogP contribution in [0.15, 0.2) is 24.3 Å². The summed E-state index contributed by atoms with van der Waals surface area (Å²) in [4.78, 5) is 26.2. The third-order valence-electron chi connectivity index (χ3n) is 12.8. The van der Waals surface area contributed by atoms with Gasteiger partial charge in [0.15, 0.2) is 0 Å². The van der Waals surface area contributed by atoms with Crippen LogP contribution in [0.4, 0.5) is 0 Å². The highest BCUT2D eigenvalue weighted by Gasteiger charge is 2.24. The van der Waals surface area contributed by atoms with Gasteiger partial charge in [0, 0.05) is 6.42 Å². The molecule has 0 aliphatic rings. The molecule has 0 radical (unpaired) electrons. The summed E-state index contributed by atoms with van der Waals surface area (Å²) < 4.78 is 5.95. The van der Waals surface area contributed by atoms with Crippen molar-refractivity contribution < 1.29 is 24.5 Å². The van der Waals surface area contributed by atoms with Crippen LogP contribution in [-0.2, 0) is 14.3 Å². The maximum absolute atomic E-state index is 13.2. The van der Waals surface area contributed by atoms with E-state index in [0.29, 0.717) is 19.3 Å². The molecule has 0 aromatic carbocycles. The molecule has 0 saturated heterocycles. The van der Waals surface area contributed by atoms with Gasteiger partial charge < -0.3 is 20.3 Å². The minimum atomic E-state index is -0.786. The molecule has 0 aliphatic carbocycles. The summed E-state index contributed by atoms with van der Waals surface area (Å²) in [6, 6.07) is -0.700. The number of unbranched alkanes of at least 4 members (excludes halogenated alkanes) is 34. The number of carbonyl (C=O) groups is 2. The van der Waals surface area contributed by atoms with Crippen molar-refractivity contribution in [3.05, 3.63) is 24.3 Å². The Bertz CT molecular complexity index is 981. The summed E-state index contributed by atoms with van der Waals surface area (Å²) in [6.45, 7) is 6.49. The van der Waals surface area contributed by atoms with Gasteiger partial charge in [-0.3, -0.25) is 9.59 Å². The third-order valence-corrected chi connectivity index (χ3v) is 12.8. The molecule has 0 rings (SSSR count).